The van der Waals surface area contributed by atoms with Crippen LogP contribution in [0.3, 0.4) is 0 Å². The fraction of sp³-hybridized carbons (Fsp3) is 0.538. The van der Waals surface area contributed by atoms with Gasteiger partial charge in [-0.2, -0.15) is 0 Å². The molecular formula is C13H19BrN2O3. The second kappa shape index (κ2) is 7.33. The number of esters is 1. The minimum absolute atomic E-state index is 0.0401. The number of carbonyl (C=O) groups excluding carboxylic acids is 2. The van der Waals surface area contributed by atoms with E-state index < -0.39 is 5.97 Å². The van der Waals surface area contributed by atoms with Crippen molar-refractivity contribution in [3.63, 3.8) is 0 Å². The van der Waals surface area contributed by atoms with Gasteiger partial charge in [0.25, 0.3) is 5.91 Å². The molecule has 0 aromatic carbocycles. The van der Waals surface area contributed by atoms with Crippen molar-refractivity contribution in [2.45, 2.75) is 26.8 Å². The zero-order valence-corrected chi connectivity index (χ0v) is 13.1. The van der Waals surface area contributed by atoms with Gasteiger partial charge in [-0.1, -0.05) is 6.92 Å². The first-order chi connectivity index (χ1) is 8.99. The van der Waals surface area contributed by atoms with Crippen LogP contribution in [-0.2, 0) is 16.1 Å². The van der Waals surface area contributed by atoms with Gasteiger partial charge in [0, 0.05) is 24.3 Å². The quantitative estimate of drug-likeness (QED) is 0.752. The summed E-state index contributed by atoms with van der Waals surface area (Å²) in [6.07, 6.45) is 2.80. The summed E-state index contributed by atoms with van der Waals surface area (Å²) in [6.45, 7) is 4.83. The normalized spacial score (nSPS) is 10.3. The topological polar surface area (TPSA) is 51.5 Å². The smallest absolute Gasteiger partial charge is 0.325 e. The van der Waals surface area contributed by atoms with Crippen molar-refractivity contribution in [2.75, 3.05) is 20.2 Å². The molecule has 5 nitrogen and oxygen atoms in total. The van der Waals surface area contributed by atoms with Crippen molar-refractivity contribution >= 4 is 27.8 Å². The number of hydrogen-bond donors (Lipinski definition) is 0. The number of amides is 1. The summed E-state index contributed by atoms with van der Waals surface area (Å²) < 4.78 is 7.57. The number of likely N-dealkylation sites (N-methyl/N-ethyl adjacent to an activating group) is 1. The van der Waals surface area contributed by atoms with E-state index in [4.69, 9.17) is 4.74 Å². The van der Waals surface area contributed by atoms with Crippen LogP contribution >= 0.6 is 15.9 Å². The fourth-order valence-electron chi connectivity index (χ4n) is 1.75. The van der Waals surface area contributed by atoms with Gasteiger partial charge in [0.2, 0.25) is 0 Å². The minimum Gasteiger partial charge on any atom is -0.465 e. The SMILES string of the molecule is CCCn1cc(Br)cc1C(=O)N(C)CC(=O)OCC. The van der Waals surface area contributed by atoms with Crippen molar-refractivity contribution in [1.82, 2.24) is 9.47 Å². The summed E-state index contributed by atoms with van der Waals surface area (Å²) in [5, 5.41) is 0. The molecule has 0 bridgehead atoms. The summed E-state index contributed by atoms with van der Waals surface area (Å²) in [6, 6.07) is 1.76. The third kappa shape index (κ3) is 4.38. The predicted octanol–water partition coefficient (Wildman–Crippen LogP) is 2.30. The Balaban J connectivity index is 2.78. The van der Waals surface area contributed by atoms with Gasteiger partial charge in [-0.15, -0.1) is 0 Å². The zero-order chi connectivity index (χ0) is 14.4. The van der Waals surface area contributed by atoms with Gasteiger partial charge in [-0.05, 0) is 35.3 Å². The number of aromatic nitrogens is 1. The lowest BCUT2D eigenvalue weighted by atomic mass is 10.3. The molecule has 0 aliphatic carbocycles. The summed E-state index contributed by atoms with van der Waals surface area (Å²) in [4.78, 5) is 25.0. The first kappa shape index (κ1) is 15.8. The summed E-state index contributed by atoms with van der Waals surface area (Å²) >= 11 is 3.36. The van der Waals surface area contributed by atoms with Crippen molar-refractivity contribution in [1.29, 1.82) is 0 Å². The molecule has 0 N–H and O–H groups in total. The number of halogens is 1. The average molecular weight is 331 g/mol. The molecule has 0 atom stereocenters. The average Bonchev–Trinajstić information content (AvgIpc) is 2.70. The monoisotopic (exact) mass is 330 g/mol. The molecule has 0 saturated carbocycles. The van der Waals surface area contributed by atoms with E-state index >= 15 is 0 Å². The Labute approximate surface area is 121 Å². The van der Waals surface area contributed by atoms with Crippen LogP contribution in [0.1, 0.15) is 30.8 Å². The van der Waals surface area contributed by atoms with E-state index in [0.717, 1.165) is 17.4 Å². The largest absolute Gasteiger partial charge is 0.465 e. The highest BCUT2D eigenvalue weighted by Gasteiger charge is 2.19. The summed E-state index contributed by atoms with van der Waals surface area (Å²) in [7, 11) is 1.59. The maximum atomic E-state index is 12.3. The molecule has 0 fully saturated rings. The third-order valence-corrected chi connectivity index (χ3v) is 3.00. The number of hydrogen-bond acceptors (Lipinski definition) is 3. The molecule has 0 aliphatic heterocycles. The van der Waals surface area contributed by atoms with E-state index in [1.165, 1.54) is 4.90 Å². The van der Waals surface area contributed by atoms with E-state index in [9.17, 15) is 9.59 Å². The Morgan fingerprint density at radius 1 is 1.42 bits per heavy atom. The molecule has 1 heterocycles. The predicted molar refractivity (Wildman–Crippen MR) is 76.0 cm³/mol. The lowest BCUT2D eigenvalue weighted by molar-refractivity contribution is -0.143. The maximum Gasteiger partial charge on any atom is 0.325 e. The van der Waals surface area contributed by atoms with Gasteiger partial charge in [-0.3, -0.25) is 9.59 Å². The highest BCUT2D eigenvalue weighted by Crippen LogP contribution is 2.17. The molecule has 0 radical (unpaired) electrons. The lowest BCUT2D eigenvalue weighted by Crippen LogP contribution is -2.34. The lowest BCUT2D eigenvalue weighted by Gasteiger charge is -2.17. The van der Waals surface area contributed by atoms with Crippen molar-refractivity contribution in [3.05, 3.63) is 22.4 Å². The standard InChI is InChI=1S/C13H19BrN2O3/c1-4-6-16-8-10(14)7-11(16)13(18)15(3)9-12(17)19-5-2/h7-8H,4-6,9H2,1-3H3. The van der Waals surface area contributed by atoms with Crippen molar-refractivity contribution in [2.24, 2.45) is 0 Å². The van der Waals surface area contributed by atoms with Crippen LogP contribution in [0.4, 0.5) is 0 Å². The molecule has 1 aromatic heterocycles. The van der Waals surface area contributed by atoms with E-state index in [1.807, 2.05) is 17.7 Å². The maximum absolute atomic E-state index is 12.3. The molecular weight excluding hydrogens is 312 g/mol. The van der Waals surface area contributed by atoms with Gasteiger partial charge in [-0.25, -0.2) is 0 Å². The Bertz CT molecular complexity index is 457. The number of aryl methyl sites for hydroxylation is 1. The van der Waals surface area contributed by atoms with Crippen molar-refractivity contribution < 1.29 is 14.3 Å². The Morgan fingerprint density at radius 3 is 2.68 bits per heavy atom. The molecule has 0 spiro atoms. The second-order valence-corrected chi connectivity index (χ2v) is 5.12. The minimum atomic E-state index is -0.397. The van der Waals surface area contributed by atoms with Crippen LogP contribution in [0, 0.1) is 0 Å². The first-order valence-electron chi connectivity index (χ1n) is 6.26. The van der Waals surface area contributed by atoms with Gasteiger partial charge >= 0.3 is 5.97 Å². The number of ether oxygens (including phenoxy) is 1. The third-order valence-electron chi connectivity index (χ3n) is 2.57. The van der Waals surface area contributed by atoms with E-state index in [1.54, 1.807) is 20.0 Å². The van der Waals surface area contributed by atoms with Crippen LogP contribution in [-0.4, -0.2) is 41.5 Å². The number of carbonyl (C=O) groups is 2. The fourth-order valence-corrected chi connectivity index (χ4v) is 2.21. The van der Waals surface area contributed by atoms with Crippen LogP contribution in [0.15, 0.2) is 16.7 Å². The first-order valence-corrected chi connectivity index (χ1v) is 7.05. The molecule has 0 aliphatic rings. The highest BCUT2D eigenvalue weighted by molar-refractivity contribution is 9.10. The van der Waals surface area contributed by atoms with Crippen LogP contribution in [0.5, 0.6) is 0 Å². The van der Waals surface area contributed by atoms with E-state index in [2.05, 4.69) is 15.9 Å². The van der Waals surface area contributed by atoms with Crippen molar-refractivity contribution in [3.8, 4) is 0 Å². The molecule has 19 heavy (non-hydrogen) atoms. The number of rotatable bonds is 6. The zero-order valence-electron chi connectivity index (χ0n) is 11.5. The highest BCUT2D eigenvalue weighted by atomic mass is 79.9. The Kier molecular flexibility index (Phi) is 6.08. The van der Waals surface area contributed by atoms with Gasteiger partial charge in [0.05, 0.1) is 6.61 Å². The van der Waals surface area contributed by atoms with Gasteiger partial charge in [0.15, 0.2) is 0 Å². The molecule has 1 aromatic rings. The molecule has 6 heteroatoms. The van der Waals surface area contributed by atoms with Crippen LogP contribution in [0.2, 0.25) is 0 Å². The molecule has 0 saturated heterocycles. The summed E-state index contributed by atoms with van der Waals surface area (Å²) in [5.74, 6) is -0.585. The van der Waals surface area contributed by atoms with E-state index in [0.29, 0.717) is 12.3 Å². The molecule has 1 rings (SSSR count). The van der Waals surface area contributed by atoms with E-state index in [-0.39, 0.29) is 12.5 Å². The Hall–Kier alpha value is -1.30. The van der Waals surface area contributed by atoms with Crippen LogP contribution in [0.25, 0.3) is 0 Å². The molecule has 106 valence electrons. The number of nitrogens with zero attached hydrogens (tertiary/aromatic N) is 2. The molecule has 1 amide bonds. The second-order valence-electron chi connectivity index (χ2n) is 4.20. The van der Waals surface area contributed by atoms with Gasteiger partial charge in [0.1, 0.15) is 12.2 Å². The Morgan fingerprint density at radius 2 is 2.11 bits per heavy atom. The summed E-state index contributed by atoms with van der Waals surface area (Å²) in [5.41, 5.74) is 0.570. The van der Waals surface area contributed by atoms with Crippen LogP contribution < -0.4 is 0 Å². The van der Waals surface area contributed by atoms with Gasteiger partial charge < -0.3 is 14.2 Å². The molecule has 0 unspecified atom stereocenters.